The summed E-state index contributed by atoms with van der Waals surface area (Å²) in [6, 6.07) is 9.74. The molecule has 0 bridgehead atoms. The fourth-order valence-electron chi connectivity index (χ4n) is 2.94. The van der Waals surface area contributed by atoms with Crippen LogP contribution in [0.3, 0.4) is 0 Å². The smallest absolute Gasteiger partial charge is 0.253 e. The maximum Gasteiger partial charge on any atom is 0.253 e. The van der Waals surface area contributed by atoms with Gasteiger partial charge in [-0.15, -0.1) is 0 Å². The van der Waals surface area contributed by atoms with Crippen LogP contribution in [0.4, 0.5) is 0 Å². The first-order valence-corrected chi connectivity index (χ1v) is 8.81. The Bertz CT molecular complexity index is 900. The molecule has 1 atom stereocenters. The fraction of sp³-hybridized carbons (Fsp3) is 0.350. The van der Waals surface area contributed by atoms with Crippen LogP contribution in [0.5, 0.6) is 5.75 Å². The Morgan fingerprint density at radius 3 is 2.58 bits per heavy atom. The highest BCUT2D eigenvalue weighted by atomic mass is 16.5. The summed E-state index contributed by atoms with van der Waals surface area (Å²) >= 11 is 0. The molecule has 6 heteroatoms. The Balaban J connectivity index is 1.80. The molecule has 0 radical (unpaired) electrons. The normalized spacial score (nSPS) is 12.3. The van der Waals surface area contributed by atoms with Gasteiger partial charge in [0.1, 0.15) is 5.75 Å². The molecule has 1 unspecified atom stereocenters. The lowest BCUT2D eigenvalue weighted by Crippen LogP contribution is -2.28. The van der Waals surface area contributed by atoms with Crippen LogP contribution in [0, 0.1) is 0 Å². The molecule has 0 aliphatic carbocycles. The third-order valence-electron chi connectivity index (χ3n) is 4.42. The number of hydrogen-bond acceptors (Lipinski definition) is 4. The van der Waals surface area contributed by atoms with E-state index < -0.39 is 0 Å². The van der Waals surface area contributed by atoms with Crippen molar-refractivity contribution in [2.75, 3.05) is 7.11 Å². The second-order valence-electron chi connectivity index (χ2n) is 6.53. The number of benzene rings is 1. The van der Waals surface area contributed by atoms with Crippen LogP contribution in [0.2, 0.25) is 0 Å². The van der Waals surface area contributed by atoms with Crippen molar-refractivity contribution in [1.82, 2.24) is 20.1 Å². The number of fused-ring (bicyclic) bond motifs is 1. The van der Waals surface area contributed by atoms with Crippen molar-refractivity contribution in [1.29, 1.82) is 0 Å². The lowest BCUT2D eigenvalue weighted by Gasteiger charge is -2.18. The van der Waals surface area contributed by atoms with Crippen LogP contribution in [-0.4, -0.2) is 27.8 Å². The van der Waals surface area contributed by atoms with E-state index in [2.05, 4.69) is 29.2 Å². The number of pyridine rings is 1. The minimum Gasteiger partial charge on any atom is -0.497 e. The van der Waals surface area contributed by atoms with Gasteiger partial charge in [-0.05, 0) is 44.0 Å². The van der Waals surface area contributed by atoms with Gasteiger partial charge >= 0.3 is 0 Å². The minimum atomic E-state index is -0.139. The number of aromatic nitrogens is 3. The number of methoxy groups -OCH3 is 1. The van der Waals surface area contributed by atoms with Crippen molar-refractivity contribution in [3.63, 3.8) is 0 Å². The van der Waals surface area contributed by atoms with Gasteiger partial charge in [-0.2, -0.15) is 5.10 Å². The van der Waals surface area contributed by atoms with E-state index >= 15 is 0 Å². The van der Waals surface area contributed by atoms with Gasteiger partial charge in [0, 0.05) is 17.6 Å². The molecule has 2 aromatic heterocycles. The number of rotatable bonds is 6. The molecular formula is C20H24N4O2. The van der Waals surface area contributed by atoms with Gasteiger partial charge in [0.25, 0.3) is 5.91 Å². The molecule has 0 saturated heterocycles. The fourth-order valence-corrected chi connectivity index (χ4v) is 2.94. The van der Waals surface area contributed by atoms with Crippen molar-refractivity contribution in [2.24, 2.45) is 0 Å². The third kappa shape index (κ3) is 3.54. The number of amides is 1. The second kappa shape index (κ2) is 7.56. The molecular weight excluding hydrogens is 328 g/mol. The lowest BCUT2D eigenvalue weighted by molar-refractivity contribution is 0.0935. The summed E-state index contributed by atoms with van der Waals surface area (Å²) in [6.07, 6.45) is 4.15. The summed E-state index contributed by atoms with van der Waals surface area (Å²) in [5.41, 5.74) is 2.37. The Kier molecular flexibility index (Phi) is 5.21. The molecule has 0 spiro atoms. The zero-order chi connectivity index (χ0) is 18.7. The molecule has 3 aromatic rings. The first-order valence-electron chi connectivity index (χ1n) is 8.81. The van der Waals surface area contributed by atoms with Crippen LogP contribution >= 0.6 is 0 Å². The summed E-state index contributed by atoms with van der Waals surface area (Å²) < 4.78 is 7.04. The van der Waals surface area contributed by atoms with Crippen LogP contribution in [-0.2, 0) is 0 Å². The summed E-state index contributed by atoms with van der Waals surface area (Å²) in [6.45, 7) is 6.15. The first kappa shape index (κ1) is 17.9. The first-order chi connectivity index (χ1) is 12.5. The SMILES string of the molecule is CCC(NC(=O)c1cnc2c(cnn2C(C)C)c1)c1ccc(OC)cc1. The molecule has 1 amide bonds. The predicted octanol–water partition coefficient (Wildman–Crippen LogP) is 3.90. The maximum absolute atomic E-state index is 12.7. The number of carbonyl (C=O) groups excluding carboxylic acids is 1. The Labute approximate surface area is 153 Å². The van der Waals surface area contributed by atoms with Crippen LogP contribution in [0.15, 0.2) is 42.7 Å². The van der Waals surface area contributed by atoms with Gasteiger partial charge in [0.15, 0.2) is 5.65 Å². The van der Waals surface area contributed by atoms with Crippen molar-refractivity contribution in [3.05, 3.63) is 53.9 Å². The summed E-state index contributed by atoms with van der Waals surface area (Å²) in [5, 5.41) is 8.30. The van der Waals surface area contributed by atoms with Gasteiger partial charge in [-0.3, -0.25) is 4.79 Å². The Morgan fingerprint density at radius 2 is 1.96 bits per heavy atom. The number of ether oxygens (including phenoxy) is 1. The standard InChI is InChI=1S/C20H24N4O2/c1-5-18(14-6-8-17(26-4)9-7-14)23-20(25)16-10-15-12-22-24(13(2)3)19(15)21-11-16/h6-13,18H,5H2,1-4H3,(H,23,25). The third-order valence-corrected chi connectivity index (χ3v) is 4.42. The van der Waals surface area contributed by atoms with E-state index in [1.165, 1.54) is 0 Å². The molecule has 26 heavy (non-hydrogen) atoms. The molecule has 3 rings (SSSR count). The zero-order valence-corrected chi connectivity index (χ0v) is 15.6. The average molecular weight is 352 g/mol. The topological polar surface area (TPSA) is 69.0 Å². The van der Waals surface area contributed by atoms with E-state index in [1.807, 2.05) is 41.9 Å². The van der Waals surface area contributed by atoms with E-state index in [-0.39, 0.29) is 18.0 Å². The summed E-state index contributed by atoms with van der Waals surface area (Å²) in [7, 11) is 1.64. The Morgan fingerprint density at radius 1 is 1.23 bits per heavy atom. The number of nitrogens with zero attached hydrogens (tertiary/aromatic N) is 3. The molecule has 2 heterocycles. The highest BCUT2D eigenvalue weighted by Gasteiger charge is 2.16. The quantitative estimate of drug-likeness (QED) is 0.730. The van der Waals surface area contributed by atoms with Crippen molar-refractivity contribution < 1.29 is 9.53 Å². The van der Waals surface area contributed by atoms with Gasteiger partial charge < -0.3 is 10.1 Å². The van der Waals surface area contributed by atoms with Crippen molar-refractivity contribution in [2.45, 2.75) is 39.3 Å². The number of hydrogen-bond donors (Lipinski definition) is 1. The molecule has 1 aromatic carbocycles. The highest BCUT2D eigenvalue weighted by molar-refractivity contribution is 5.97. The average Bonchev–Trinajstić information content (AvgIpc) is 3.09. The number of nitrogens with one attached hydrogen (secondary N) is 1. The molecule has 0 aliphatic heterocycles. The summed E-state index contributed by atoms with van der Waals surface area (Å²) in [5.74, 6) is 0.658. The van der Waals surface area contributed by atoms with Crippen molar-refractivity contribution >= 4 is 16.9 Å². The molecule has 0 aliphatic rings. The van der Waals surface area contributed by atoms with E-state index in [4.69, 9.17) is 4.74 Å². The van der Waals surface area contributed by atoms with Crippen LogP contribution in [0.1, 0.15) is 55.2 Å². The molecule has 1 N–H and O–H groups in total. The van der Waals surface area contributed by atoms with E-state index in [0.717, 1.165) is 28.8 Å². The van der Waals surface area contributed by atoms with Crippen LogP contribution < -0.4 is 10.1 Å². The highest BCUT2D eigenvalue weighted by Crippen LogP contribution is 2.21. The monoisotopic (exact) mass is 352 g/mol. The number of carbonyl (C=O) groups is 1. The zero-order valence-electron chi connectivity index (χ0n) is 15.6. The largest absolute Gasteiger partial charge is 0.497 e. The van der Waals surface area contributed by atoms with E-state index in [9.17, 15) is 4.79 Å². The van der Waals surface area contributed by atoms with Gasteiger partial charge in [-0.25, -0.2) is 9.67 Å². The Hall–Kier alpha value is -2.89. The van der Waals surface area contributed by atoms with Crippen LogP contribution in [0.25, 0.3) is 11.0 Å². The second-order valence-corrected chi connectivity index (χ2v) is 6.53. The molecule has 6 nitrogen and oxygen atoms in total. The van der Waals surface area contributed by atoms with E-state index in [1.54, 1.807) is 19.5 Å². The van der Waals surface area contributed by atoms with E-state index in [0.29, 0.717) is 5.56 Å². The molecule has 0 saturated carbocycles. The maximum atomic E-state index is 12.7. The van der Waals surface area contributed by atoms with Gasteiger partial charge in [0.2, 0.25) is 0 Å². The molecule has 136 valence electrons. The van der Waals surface area contributed by atoms with Gasteiger partial charge in [0.05, 0.1) is 24.9 Å². The summed E-state index contributed by atoms with van der Waals surface area (Å²) in [4.78, 5) is 17.1. The lowest BCUT2D eigenvalue weighted by atomic mass is 10.0. The predicted molar refractivity (Wildman–Crippen MR) is 101 cm³/mol. The van der Waals surface area contributed by atoms with Gasteiger partial charge in [-0.1, -0.05) is 19.1 Å². The minimum absolute atomic E-state index is 0.0671. The van der Waals surface area contributed by atoms with Crippen molar-refractivity contribution in [3.8, 4) is 5.75 Å². The molecule has 0 fully saturated rings.